The normalized spacial score (nSPS) is 14.0. The predicted octanol–water partition coefficient (Wildman–Crippen LogP) is 0.968. The number of esters is 1. The molecule has 0 aliphatic rings. The van der Waals surface area contributed by atoms with Crippen molar-refractivity contribution in [3.05, 3.63) is 20.2 Å². The number of nitrogens with zero attached hydrogens (tertiary/aromatic N) is 2. The third-order valence-corrected chi connectivity index (χ3v) is 2.51. The van der Waals surface area contributed by atoms with Crippen LogP contribution in [0.4, 0.5) is 0 Å². The van der Waals surface area contributed by atoms with Crippen LogP contribution >= 0.6 is 11.6 Å². The van der Waals surface area contributed by atoms with Crippen LogP contribution in [0.1, 0.15) is 20.8 Å². The van der Waals surface area contributed by atoms with Crippen molar-refractivity contribution in [1.29, 1.82) is 0 Å². The molecule has 2 atom stereocenters. The molecule has 11 heteroatoms. The summed E-state index contributed by atoms with van der Waals surface area (Å²) in [6.45, 7) is 3.29. The molecule has 1 unspecified atom stereocenters. The lowest BCUT2D eigenvalue weighted by Crippen LogP contribution is -2.42. The second-order valence-corrected chi connectivity index (χ2v) is 5.20. The monoisotopic (exact) mass is 314 g/mol. The third kappa shape index (κ3) is 6.92. The Bertz CT molecular complexity index is 373. The average Bonchev–Trinajstić information content (AvgIpc) is 2.30. The average molecular weight is 315 g/mol. The molecule has 0 radical (unpaired) electrons. The van der Waals surface area contributed by atoms with E-state index in [4.69, 9.17) is 16.3 Å². The van der Waals surface area contributed by atoms with E-state index in [0.717, 1.165) is 0 Å². The van der Waals surface area contributed by atoms with Crippen LogP contribution in [0.5, 0.6) is 0 Å². The number of halogens is 1. The zero-order valence-electron chi connectivity index (χ0n) is 11.1. The molecule has 0 saturated heterocycles. The fourth-order valence-corrected chi connectivity index (χ4v) is 1.15. The molecule has 0 rings (SSSR count). The Morgan fingerprint density at radius 3 is 2.25 bits per heavy atom. The van der Waals surface area contributed by atoms with Crippen LogP contribution in [0, 0.1) is 25.6 Å². The molecule has 0 aromatic heterocycles. The fourth-order valence-electron chi connectivity index (χ4n) is 1.09. The van der Waals surface area contributed by atoms with E-state index in [9.17, 15) is 25.0 Å². The van der Waals surface area contributed by atoms with Gasteiger partial charge in [0.1, 0.15) is 24.7 Å². The zero-order chi connectivity index (χ0) is 15.9. The molecule has 20 heavy (non-hydrogen) atoms. The highest BCUT2D eigenvalue weighted by molar-refractivity contribution is 6.29. The van der Waals surface area contributed by atoms with Crippen molar-refractivity contribution in [2.75, 3.05) is 13.2 Å². The second-order valence-electron chi connectivity index (χ2n) is 4.55. The number of carbonyl (C=O) groups excluding carboxylic acids is 1. The maximum Gasteiger partial charge on any atom is 0.323 e. The SMILES string of the molecule is CC(Cl)C(=O)OC[C@@H](O[N+](=O)[O-])C(C)(C)CO[N+](=O)[O-]. The summed E-state index contributed by atoms with van der Waals surface area (Å²) in [6, 6.07) is 0. The molecule has 0 amide bonds. The first-order valence-electron chi connectivity index (χ1n) is 5.45. The van der Waals surface area contributed by atoms with E-state index in [0.29, 0.717) is 0 Å². The van der Waals surface area contributed by atoms with Crippen LogP contribution in [0.15, 0.2) is 0 Å². The van der Waals surface area contributed by atoms with Gasteiger partial charge in [0.25, 0.3) is 10.2 Å². The molecule has 0 saturated carbocycles. The van der Waals surface area contributed by atoms with Crippen molar-refractivity contribution >= 4 is 17.6 Å². The van der Waals surface area contributed by atoms with Crippen molar-refractivity contribution < 1.29 is 29.4 Å². The van der Waals surface area contributed by atoms with Gasteiger partial charge in [-0.2, -0.15) is 0 Å². The van der Waals surface area contributed by atoms with Crippen molar-refractivity contribution in [2.45, 2.75) is 32.3 Å². The summed E-state index contributed by atoms with van der Waals surface area (Å²) >= 11 is 5.47. The number of ether oxygens (including phenoxy) is 1. The summed E-state index contributed by atoms with van der Waals surface area (Å²) in [5.41, 5.74) is -1.14. The quantitative estimate of drug-likeness (QED) is 0.266. The van der Waals surface area contributed by atoms with E-state index in [-0.39, 0.29) is 0 Å². The lowest BCUT2D eigenvalue weighted by Gasteiger charge is -2.30. The molecule has 0 aromatic rings. The van der Waals surface area contributed by atoms with E-state index < -0.39 is 46.3 Å². The highest BCUT2D eigenvalue weighted by Gasteiger charge is 2.35. The summed E-state index contributed by atoms with van der Waals surface area (Å²) in [7, 11) is 0. The van der Waals surface area contributed by atoms with Crippen LogP contribution in [0.3, 0.4) is 0 Å². The van der Waals surface area contributed by atoms with Gasteiger partial charge in [-0.15, -0.1) is 31.8 Å². The largest absolute Gasteiger partial charge is 0.462 e. The Kier molecular flexibility index (Phi) is 6.97. The molecule has 0 aliphatic carbocycles. The topological polar surface area (TPSA) is 131 Å². The molecule has 116 valence electrons. The van der Waals surface area contributed by atoms with Gasteiger partial charge in [0, 0.05) is 5.41 Å². The predicted molar refractivity (Wildman–Crippen MR) is 64.9 cm³/mol. The Balaban J connectivity index is 4.72. The molecule has 0 N–H and O–H groups in total. The number of alkyl halides is 1. The van der Waals surface area contributed by atoms with Crippen molar-refractivity contribution in [1.82, 2.24) is 0 Å². The summed E-state index contributed by atoms with van der Waals surface area (Å²) in [6.07, 6.45) is -1.24. The lowest BCUT2D eigenvalue weighted by molar-refractivity contribution is -0.780. The van der Waals surface area contributed by atoms with E-state index in [2.05, 4.69) is 9.68 Å². The first-order valence-corrected chi connectivity index (χ1v) is 5.89. The Morgan fingerprint density at radius 2 is 1.85 bits per heavy atom. The van der Waals surface area contributed by atoms with Crippen molar-refractivity contribution in [2.24, 2.45) is 5.41 Å². The van der Waals surface area contributed by atoms with Gasteiger partial charge in [0.2, 0.25) is 0 Å². The minimum Gasteiger partial charge on any atom is -0.462 e. The van der Waals surface area contributed by atoms with Gasteiger partial charge in [-0.05, 0) is 6.92 Å². The Labute approximate surface area is 119 Å². The minimum atomic E-state index is -1.24. The molecule has 0 spiro atoms. The van der Waals surface area contributed by atoms with Crippen molar-refractivity contribution in [3.8, 4) is 0 Å². The standard InChI is InChI=1S/C9H15ClN2O8/c1-6(10)8(13)18-4-7(20-12(16)17)9(2,3)5-19-11(14)15/h6-7H,4-5H2,1-3H3/t6?,7-/m1/s1. The van der Waals surface area contributed by atoms with Gasteiger partial charge >= 0.3 is 5.97 Å². The summed E-state index contributed by atoms with van der Waals surface area (Å²) in [5, 5.41) is 17.5. The Hall–Kier alpha value is -1.84. The molecular weight excluding hydrogens is 300 g/mol. The first kappa shape index (κ1) is 18.2. The third-order valence-electron chi connectivity index (χ3n) is 2.33. The molecule has 0 aromatic carbocycles. The van der Waals surface area contributed by atoms with Crippen LogP contribution in [-0.2, 0) is 19.2 Å². The fraction of sp³-hybridized carbons (Fsp3) is 0.889. The zero-order valence-corrected chi connectivity index (χ0v) is 11.9. The van der Waals surface area contributed by atoms with E-state index in [1.807, 2.05) is 0 Å². The smallest absolute Gasteiger partial charge is 0.323 e. The van der Waals surface area contributed by atoms with E-state index in [1.54, 1.807) is 0 Å². The van der Waals surface area contributed by atoms with Crippen LogP contribution in [0.2, 0.25) is 0 Å². The van der Waals surface area contributed by atoms with Crippen LogP contribution < -0.4 is 0 Å². The van der Waals surface area contributed by atoms with Gasteiger partial charge in [0.15, 0.2) is 0 Å². The first-order chi connectivity index (χ1) is 9.06. The van der Waals surface area contributed by atoms with E-state index in [1.165, 1.54) is 20.8 Å². The molecular formula is C9H15ClN2O8. The number of hydrogen-bond donors (Lipinski definition) is 0. The minimum absolute atomic E-state index is 0.466. The van der Waals surface area contributed by atoms with Gasteiger partial charge in [-0.1, -0.05) is 13.8 Å². The summed E-state index contributed by atoms with van der Waals surface area (Å²) in [4.78, 5) is 40.3. The Morgan fingerprint density at radius 1 is 1.30 bits per heavy atom. The number of hydrogen-bond acceptors (Lipinski definition) is 8. The van der Waals surface area contributed by atoms with Crippen LogP contribution in [-0.4, -0.2) is 40.8 Å². The maximum absolute atomic E-state index is 11.2. The molecule has 0 aliphatic heterocycles. The molecule has 0 heterocycles. The van der Waals surface area contributed by atoms with E-state index >= 15 is 0 Å². The number of carbonyl (C=O) groups is 1. The van der Waals surface area contributed by atoms with Gasteiger partial charge in [-0.3, -0.25) is 4.79 Å². The molecule has 0 fully saturated rings. The summed E-state index contributed by atoms with van der Waals surface area (Å²) in [5.74, 6) is -0.783. The maximum atomic E-state index is 11.2. The van der Waals surface area contributed by atoms with Gasteiger partial charge in [0.05, 0.1) is 0 Å². The molecule has 10 nitrogen and oxygen atoms in total. The van der Waals surface area contributed by atoms with Gasteiger partial charge < -0.3 is 14.4 Å². The molecule has 0 bridgehead atoms. The van der Waals surface area contributed by atoms with Crippen LogP contribution in [0.25, 0.3) is 0 Å². The summed E-state index contributed by atoms with van der Waals surface area (Å²) < 4.78 is 4.73. The van der Waals surface area contributed by atoms with Crippen molar-refractivity contribution in [3.63, 3.8) is 0 Å². The van der Waals surface area contributed by atoms with Gasteiger partial charge in [-0.25, -0.2) is 0 Å². The number of rotatable bonds is 9. The highest BCUT2D eigenvalue weighted by atomic mass is 35.5. The highest BCUT2D eigenvalue weighted by Crippen LogP contribution is 2.25. The second kappa shape index (κ2) is 7.68. The lowest BCUT2D eigenvalue weighted by atomic mass is 9.88.